The molecule has 136 valence electrons. The van der Waals surface area contributed by atoms with Gasteiger partial charge in [0.15, 0.2) is 6.10 Å². The first-order valence-electron chi connectivity index (χ1n) is 7.65. The van der Waals surface area contributed by atoms with E-state index < -0.39 is 23.9 Å². The first kappa shape index (κ1) is 19.8. The van der Waals surface area contributed by atoms with Gasteiger partial charge in [-0.3, -0.25) is 14.4 Å². The number of hydrogen-bond acceptors (Lipinski definition) is 4. The topological polar surface area (TPSA) is 84.5 Å². The Balaban J connectivity index is 1.82. The fraction of sp³-hybridized carbons (Fsp3) is 0.167. The Morgan fingerprint density at radius 3 is 2.42 bits per heavy atom. The predicted octanol–water partition coefficient (Wildman–Crippen LogP) is 3.29. The highest BCUT2D eigenvalue weighted by atomic mass is 35.5. The largest absolute Gasteiger partial charge is 0.451 e. The Labute approximate surface area is 160 Å². The summed E-state index contributed by atoms with van der Waals surface area (Å²) in [5.41, 5.74) is 0.768. The third-order valence-corrected chi connectivity index (χ3v) is 3.84. The lowest BCUT2D eigenvalue weighted by atomic mass is 10.2. The van der Waals surface area contributed by atoms with E-state index in [0.717, 1.165) is 0 Å². The molecule has 0 saturated heterocycles. The van der Waals surface area contributed by atoms with Crippen molar-refractivity contribution >= 4 is 46.7 Å². The number of hydrogen-bond donors (Lipinski definition) is 2. The van der Waals surface area contributed by atoms with Crippen LogP contribution in [0.1, 0.15) is 17.3 Å². The summed E-state index contributed by atoms with van der Waals surface area (Å²) in [7, 11) is 0. The Kier molecular flexibility index (Phi) is 7.00. The molecule has 0 saturated carbocycles. The number of carbonyl (C=O) groups is 3. The van der Waals surface area contributed by atoms with E-state index in [0.29, 0.717) is 16.3 Å². The maximum absolute atomic E-state index is 12.1. The van der Waals surface area contributed by atoms with E-state index in [4.69, 9.17) is 27.9 Å². The van der Waals surface area contributed by atoms with E-state index in [9.17, 15) is 14.4 Å². The van der Waals surface area contributed by atoms with Crippen LogP contribution in [0.2, 0.25) is 10.0 Å². The average molecular weight is 395 g/mol. The molecule has 2 amide bonds. The van der Waals surface area contributed by atoms with Crippen LogP contribution in [0.5, 0.6) is 0 Å². The van der Waals surface area contributed by atoms with Crippen LogP contribution in [0.4, 0.5) is 5.69 Å². The summed E-state index contributed by atoms with van der Waals surface area (Å²) in [5, 5.41) is 5.66. The lowest BCUT2D eigenvalue weighted by Crippen LogP contribution is -2.35. The molecule has 26 heavy (non-hydrogen) atoms. The van der Waals surface area contributed by atoms with Crippen LogP contribution < -0.4 is 10.6 Å². The molecule has 0 radical (unpaired) electrons. The molecule has 2 N–H and O–H groups in total. The number of halogens is 2. The molecule has 0 aliphatic carbocycles. The third kappa shape index (κ3) is 5.75. The smallest absolute Gasteiger partial charge is 0.326 e. The van der Waals surface area contributed by atoms with Gasteiger partial charge in [0, 0.05) is 10.6 Å². The number of rotatable bonds is 6. The van der Waals surface area contributed by atoms with Crippen molar-refractivity contribution in [2.75, 3.05) is 11.9 Å². The van der Waals surface area contributed by atoms with Gasteiger partial charge in [0.2, 0.25) is 0 Å². The Morgan fingerprint density at radius 2 is 1.77 bits per heavy atom. The minimum atomic E-state index is -1.07. The molecular formula is C18H16Cl2N2O4. The number of carbonyl (C=O) groups excluding carboxylic acids is 3. The second-order valence-electron chi connectivity index (χ2n) is 5.29. The quantitative estimate of drug-likeness (QED) is 0.736. The van der Waals surface area contributed by atoms with E-state index in [1.807, 2.05) is 0 Å². The highest BCUT2D eigenvalue weighted by molar-refractivity contribution is 6.36. The van der Waals surface area contributed by atoms with Crippen molar-refractivity contribution in [1.29, 1.82) is 0 Å². The molecule has 1 unspecified atom stereocenters. The average Bonchev–Trinajstić information content (AvgIpc) is 2.62. The van der Waals surface area contributed by atoms with Gasteiger partial charge in [-0.15, -0.1) is 0 Å². The van der Waals surface area contributed by atoms with Gasteiger partial charge in [-0.2, -0.15) is 0 Å². The highest BCUT2D eigenvalue weighted by Gasteiger charge is 2.19. The molecule has 0 fully saturated rings. The van der Waals surface area contributed by atoms with E-state index >= 15 is 0 Å². The summed E-state index contributed by atoms with van der Waals surface area (Å²) in [5.74, 6) is -1.70. The van der Waals surface area contributed by atoms with Crippen LogP contribution in [0.3, 0.4) is 0 Å². The number of amides is 2. The zero-order valence-electron chi connectivity index (χ0n) is 13.8. The molecule has 0 aromatic heterocycles. The summed E-state index contributed by atoms with van der Waals surface area (Å²) in [4.78, 5) is 35.7. The summed E-state index contributed by atoms with van der Waals surface area (Å²) >= 11 is 11.8. The fourth-order valence-electron chi connectivity index (χ4n) is 1.96. The van der Waals surface area contributed by atoms with Gasteiger partial charge in [0.05, 0.1) is 10.7 Å². The molecule has 2 aromatic carbocycles. The maximum atomic E-state index is 12.1. The number of nitrogens with one attached hydrogen (secondary N) is 2. The fourth-order valence-corrected chi connectivity index (χ4v) is 2.42. The van der Waals surface area contributed by atoms with Crippen molar-refractivity contribution in [3.63, 3.8) is 0 Å². The van der Waals surface area contributed by atoms with Gasteiger partial charge in [0.1, 0.15) is 6.54 Å². The molecule has 0 aliphatic heterocycles. The third-order valence-electron chi connectivity index (χ3n) is 3.30. The van der Waals surface area contributed by atoms with Crippen LogP contribution in [0.15, 0.2) is 48.5 Å². The van der Waals surface area contributed by atoms with Crippen LogP contribution >= 0.6 is 23.2 Å². The van der Waals surface area contributed by atoms with E-state index in [1.165, 1.54) is 19.1 Å². The Hall–Kier alpha value is -2.57. The zero-order chi connectivity index (χ0) is 19.1. The number of benzene rings is 2. The van der Waals surface area contributed by atoms with Crippen LogP contribution in [0.25, 0.3) is 0 Å². The predicted molar refractivity (Wildman–Crippen MR) is 99.4 cm³/mol. The van der Waals surface area contributed by atoms with Crippen molar-refractivity contribution in [2.24, 2.45) is 0 Å². The highest BCUT2D eigenvalue weighted by Crippen LogP contribution is 2.25. The molecule has 0 bridgehead atoms. The molecular weight excluding hydrogens is 379 g/mol. The van der Waals surface area contributed by atoms with Crippen LogP contribution in [0, 0.1) is 0 Å². The summed E-state index contributed by atoms with van der Waals surface area (Å²) in [6, 6.07) is 13.0. The van der Waals surface area contributed by atoms with Gasteiger partial charge in [-0.1, -0.05) is 41.4 Å². The molecule has 6 nitrogen and oxygen atoms in total. The lowest BCUT2D eigenvalue weighted by molar-refractivity contribution is -0.152. The van der Waals surface area contributed by atoms with Gasteiger partial charge >= 0.3 is 5.97 Å². The molecule has 2 rings (SSSR count). The first-order chi connectivity index (χ1) is 12.4. The van der Waals surface area contributed by atoms with Gasteiger partial charge < -0.3 is 15.4 Å². The van der Waals surface area contributed by atoms with E-state index in [-0.39, 0.29) is 11.6 Å². The Morgan fingerprint density at radius 1 is 1.08 bits per heavy atom. The van der Waals surface area contributed by atoms with Crippen LogP contribution in [-0.2, 0) is 14.3 Å². The molecule has 2 aromatic rings. The molecule has 0 heterocycles. The van der Waals surface area contributed by atoms with Crippen molar-refractivity contribution in [2.45, 2.75) is 13.0 Å². The zero-order valence-corrected chi connectivity index (χ0v) is 15.3. The normalized spacial score (nSPS) is 11.3. The van der Waals surface area contributed by atoms with Crippen molar-refractivity contribution in [3.8, 4) is 0 Å². The molecule has 8 heteroatoms. The van der Waals surface area contributed by atoms with Crippen molar-refractivity contribution < 1.29 is 19.1 Å². The van der Waals surface area contributed by atoms with Gasteiger partial charge in [-0.05, 0) is 37.3 Å². The molecule has 0 spiro atoms. The second-order valence-corrected chi connectivity index (χ2v) is 6.14. The number of esters is 1. The molecule has 1 atom stereocenters. The minimum absolute atomic E-state index is 0.263. The summed E-state index contributed by atoms with van der Waals surface area (Å²) in [6.07, 6.45) is -1.07. The van der Waals surface area contributed by atoms with Crippen molar-refractivity contribution in [1.82, 2.24) is 5.32 Å². The Bertz CT molecular complexity index is 812. The van der Waals surface area contributed by atoms with Crippen molar-refractivity contribution in [3.05, 3.63) is 64.1 Å². The first-order valence-corrected chi connectivity index (χ1v) is 8.41. The minimum Gasteiger partial charge on any atom is -0.451 e. The number of anilines is 1. The van der Waals surface area contributed by atoms with E-state index in [2.05, 4.69) is 10.6 Å². The maximum Gasteiger partial charge on any atom is 0.326 e. The standard InChI is InChI=1S/C18H16Cl2N2O4/c1-11(17(24)22-15-8-7-13(19)9-14(15)20)26-16(23)10-21-18(25)12-5-3-2-4-6-12/h2-9,11H,10H2,1H3,(H,21,25)(H,22,24). The summed E-state index contributed by atoms with van der Waals surface area (Å²) < 4.78 is 5.00. The van der Waals surface area contributed by atoms with Crippen LogP contribution in [-0.4, -0.2) is 30.4 Å². The molecule has 0 aliphatic rings. The number of ether oxygens (including phenoxy) is 1. The lowest BCUT2D eigenvalue weighted by Gasteiger charge is -2.14. The summed E-state index contributed by atoms with van der Waals surface area (Å²) in [6.45, 7) is 1.06. The monoisotopic (exact) mass is 394 g/mol. The van der Waals surface area contributed by atoms with Gasteiger partial charge in [0.25, 0.3) is 11.8 Å². The van der Waals surface area contributed by atoms with Gasteiger partial charge in [-0.25, -0.2) is 0 Å². The second kappa shape index (κ2) is 9.22. The SMILES string of the molecule is CC(OC(=O)CNC(=O)c1ccccc1)C(=O)Nc1ccc(Cl)cc1Cl. The van der Waals surface area contributed by atoms with E-state index in [1.54, 1.807) is 36.4 Å².